The predicted molar refractivity (Wildman–Crippen MR) is 118 cm³/mol. The molecule has 0 saturated heterocycles. The number of hydrogen-bond donors (Lipinski definition) is 2. The molecule has 1 aromatic heterocycles. The van der Waals surface area contributed by atoms with Gasteiger partial charge in [0.1, 0.15) is 11.5 Å². The van der Waals surface area contributed by atoms with E-state index >= 15 is 0 Å². The quantitative estimate of drug-likeness (QED) is 0.294. The smallest absolute Gasteiger partial charge is 0.280 e. The monoisotopic (exact) mass is 419 g/mol. The molecule has 0 atom stereocenters. The lowest BCUT2D eigenvalue weighted by molar-refractivity contribution is -0.384. The van der Waals surface area contributed by atoms with E-state index in [1.165, 1.54) is 18.2 Å². The van der Waals surface area contributed by atoms with Crippen LogP contribution in [0.15, 0.2) is 71.2 Å². The number of carbonyl (C=O) groups excluding carboxylic acids is 2. The summed E-state index contributed by atoms with van der Waals surface area (Å²) in [6, 6.07) is 16.3. The SMILES string of the molecule is CCCC(=O)Nc1ccc(NC(=O)C=Cc2ccc(-c3ccccc3[N+](=O)[O-])o2)cc1. The molecule has 1 heterocycles. The van der Waals surface area contributed by atoms with E-state index in [2.05, 4.69) is 10.6 Å². The van der Waals surface area contributed by atoms with Gasteiger partial charge < -0.3 is 15.1 Å². The number of rotatable bonds is 8. The fraction of sp³-hybridized carbons (Fsp3) is 0.130. The number of furan rings is 1. The molecule has 3 rings (SSSR count). The van der Waals surface area contributed by atoms with Crippen LogP contribution >= 0.6 is 0 Å². The molecule has 158 valence electrons. The topological polar surface area (TPSA) is 114 Å². The van der Waals surface area contributed by atoms with Crippen LogP contribution in [0.25, 0.3) is 17.4 Å². The Morgan fingerprint density at radius 3 is 2.35 bits per heavy atom. The molecule has 0 aliphatic heterocycles. The fourth-order valence-electron chi connectivity index (χ4n) is 2.86. The Kier molecular flexibility index (Phi) is 6.95. The molecule has 0 bridgehead atoms. The van der Waals surface area contributed by atoms with Gasteiger partial charge in [0, 0.05) is 29.9 Å². The number of nitrogens with one attached hydrogen (secondary N) is 2. The second kappa shape index (κ2) is 10.0. The summed E-state index contributed by atoms with van der Waals surface area (Å²) in [7, 11) is 0. The Hall–Kier alpha value is -4.20. The van der Waals surface area contributed by atoms with Crippen LogP contribution < -0.4 is 10.6 Å². The van der Waals surface area contributed by atoms with E-state index in [-0.39, 0.29) is 17.5 Å². The third-order valence-corrected chi connectivity index (χ3v) is 4.31. The number of nitro benzene ring substituents is 1. The Bertz CT molecular complexity index is 1120. The summed E-state index contributed by atoms with van der Waals surface area (Å²) >= 11 is 0. The van der Waals surface area contributed by atoms with Crippen LogP contribution in [0.2, 0.25) is 0 Å². The second-order valence-corrected chi connectivity index (χ2v) is 6.67. The van der Waals surface area contributed by atoms with Gasteiger partial charge in [-0.2, -0.15) is 0 Å². The molecule has 8 nitrogen and oxygen atoms in total. The molecule has 0 aliphatic carbocycles. The molecular weight excluding hydrogens is 398 g/mol. The van der Waals surface area contributed by atoms with Gasteiger partial charge in [-0.3, -0.25) is 19.7 Å². The number of nitrogens with zero attached hydrogens (tertiary/aromatic N) is 1. The van der Waals surface area contributed by atoms with Gasteiger partial charge in [-0.25, -0.2) is 0 Å². The van der Waals surface area contributed by atoms with Gasteiger partial charge in [-0.15, -0.1) is 0 Å². The molecule has 8 heteroatoms. The Balaban J connectivity index is 1.61. The van der Waals surface area contributed by atoms with Gasteiger partial charge >= 0.3 is 0 Å². The average molecular weight is 419 g/mol. The number of benzene rings is 2. The highest BCUT2D eigenvalue weighted by Crippen LogP contribution is 2.31. The van der Waals surface area contributed by atoms with Crippen molar-refractivity contribution in [3.63, 3.8) is 0 Å². The van der Waals surface area contributed by atoms with Gasteiger partial charge in [-0.05, 0) is 55.0 Å². The van der Waals surface area contributed by atoms with Crippen molar-refractivity contribution in [1.29, 1.82) is 0 Å². The molecule has 2 aromatic carbocycles. The van der Waals surface area contributed by atoms with E-state index in [9.17, 15) is 19.7 Å². The lowest BCUT2D eigenvalue weighted by atomic mass is 10.1. The van der Waals surface area contributed by atoms with E-state index < -0.39 is 4.92 Å². The van der Waals surface area contributed by atoms with Crippen molar-refractivity contribution >= 4 is 35.0 Å². The summed E-state index contributed by atoms with van der Waals surface area (Å²) in [4.78, 5) is 34.5. The minimum absolute atomic E-state index is 0.0547. The van der Waals surface area contributed by atoms with E-state index in [1.807, 2.05) is 6.92 Å². The zero-order chi connectivity index (χ0) is 22.2. The first-order valence-electron chi connectivity index (χ1n) is 9.69. The Labute approximate surface area is 178 Å². The van der Waals surface area contributed by atoms with Crippen molar-refractivity contribution in [3.05, 3.63) is 82.6 Å². The van der Waals surface area contributed by atoms with E-state index in [0.29, 0.717) is 34.9 Å². The largest absolute Gasteiger partial charge is 0.456 e. The minimum Gasteiger partial charge on any atom is -0.456 e. The highest BCUT2D eigenvalue weighted by molar-refractivity contribution is 6.02. The minimum atomic E-state index is -0.471. The normalized spacial score (nSPS) is 10.7. The van der Waals surface area contributed by atoms with Crippen molar-refractivity contribution in [3.8, 4) is 11.3 Å². The molecule has 0 fully saturated rings. The number of para-hydroxylation sites is 1. The summed E-state index contributed by atoms with van der Waals surface area (Å²) in [6.45, 7) is 1.93. The van der Waals surface area contributed by atoms with Crippen molar-refractivity contribution in [2.75, 3.05) is 10.6 Å². The average Bonchev–Trinajstić information content (AvgIpc) is 3.23. The number of anilines is 2. The summed E-state index contributed by atoms with van der Waals surface area (Å²) in [5, 5.41) is 16.7. The first kappa shape index (κ1) is 21.5. The fourth-order valence-corrected chi connectivity index (χ4v) is 2.86. The highest BCUT2D eigenvalue weighted by Gasteiger charge is 2.16. The number of amides is 2. The molecule has 0 aliphatic rings. The third-order valence-electron chi connectivity index (χ3n) is 4.31. The second-order valence-electron chi connectivity index (χ2n) is 6.67. The molecule has 2 N–H and O–H groups in total. The maximum atomic E-state index is 12.2. The summed E-state index contributed by atoms with van der Waals surface area (Å²) in [5.74, 6) is 0.303. The molecule has 31 heavy (non-hydrogen) atoms. The van der Waals surface area contributed by atoms with Crippen LogP contribution in [0, 0.1) is 10.1 Å². The molecule has 0 spiro atoms. The molecular formula is C23H21N3O5. The van der Waals surface area contributed by atoms with Gasteiger partial charge in [0.15, 0.2) is 0 Å². The molecule has 0 saturated carbocycles. The van der Waals surface area contributed by atoms with E-state index in [1.54, 1.807) is 54.6 Å². The first-order chi connectivity index (χ1) is 15.0. The number of carbonyl (C=O) groups is 2. The lowest BCUT2D eigenvalue weighted by Gasteiger charge is -2.06. The van der Waals surface area contributed by atoms with Crippen molar-refractivity contribution in [2.24, 2.45) is 0 Å². The van der Waals surface area contributed by atoms with Crippen LogP contribution in [0.4, 0.5) is 17.1 Å². The molecule has 2 amide bonds. The predicted octanol–water partition coefficient (Wildman–Crippen LogP) is 5.25. The third kappa shape index (κ3) is 5.89. The molecule has 0 unspecified atom stereocenters. The van der Waals surface area contributed by atoms with Crippen molar-refractivity contribution < 1.29 is 18.9 Å². The van der Waals surface area contributed by atoms with Crippen molar-refractivity contribution in [2.45, 2.75) is 19.8 Å². The van der Waals surface area contributed by atoms with Crippen LogP contribution in [0.3, 0.4) is 0 Å². The molecule has 3 aromatic rings. The van der Waals surface area contributed by atoms with Gasteiger partial charge in [0.05, 0.1) is 10.5 Å². The zero-order valence-corrected chi connectivity index (χ0v) is 16.8. The van der Waals surface area contributed by atoms with E-state index in [4.69, 9.17) is 4.42 Å². The van der Waals surface area contributed by atoms with Crippen LogP contribution in [0.1, 0.15) is 25.5 Å². The summed E-state index contributed by atoms with van der Waals surface area (Å²) in [6.07, 6.45) is 4.01. The van der Waals surface area contributed by atoms with Gasteiger partial charge in [0.2, 0.25) is 11.8 Å². The number of nitro groups is 1. The number of hydrogen-bond acceptors (Lipinski definition) is 5. The van der Waals surface area contributed by atoms with Crippen molar-refractivity contribution in [1.82, 2.24) is 0 Å². The Morgan fingerprint density at radius 1 is 1.00 bits per heavy atom. The maximum Gasteiger partial charge on any atom is 0.280 e. The Morgan fingerprint density at radius 2 is 1.68 bits per heavy atom. The van der Waals surface area contributed by atoms with Crippen LogP contribution in [0.5, 0.6) is 0 Å². The molecule has 0 radical (unpaired) electrons. The van der Waals surface area contributed by atoms with E-state index in [0.717, 1.165) is 6.42 Å². The lowest BCUT2D eigenvalue weighted by Crippen LogP contribution is -2.11. The van der Waals surface area contributed by atoms with Gasteiger partial charge in [0.25, 0.3) is 5.69 Å². The summed E-state index contributed by atoms with van der Waals surface area (Å²) < 4.78 is 5.62. The summed E-state index contributed by atoms with van der Waals surface area (Å²) in [5.41, 5.74) is 1.54. The van der Waals surface area contributed by atoms with Gasteiger partial charge in [-0.1, -0.05) is 19.1 Å². The zero-order valence-electron chi connectivity index (χ0n) is 16.8. The standard InChI is InChI=1S/C23H21N3O5/c1-2-5-22(27)24-16-8-10-17(11-9-16)25-23(28)15-13-18-12-14-21(31-18)19-6-3-4-7-20(19)26(29)30/h3-4,6-15H,2,5H2,1H3,(H,24,27)(H,25,28). The van der Waals surface area contributed by atoms with Crippen LogP contribution in [-0.2, 0) is 9.59 Å². The maximum absolute atomic E-state index is 12.2. The highest BCUT2D eigenvalue weighted by atomic mass is 16.6. The van der Waals surface area contributed by atoms with Crippen LogP contribution in [-0.4, -0.2) is 16.7 Å². The first-order valence-corrected chi connectivity index (χ1v) is 9.69.